The van der Waals surface area contributed by atoms with Crippen molar-refractivity contribution < 1.29 is 4.84 Å². The maximum atomic E-state index is 5.92. The van der Waals surface area contributed by atoms with Crippen molar-refractivity contribution in [3.63, 3.8) is 0 Å². The van der Waals surface area contributed by atoms with Crippen LogP contribution in [0.25, 0.3) is 0 Å². The van der Waals surface area contributed by atoms with Crippen LogP contribution in [0.2, 0.25) is 0 Å². The van der Waals surface area contributed by atoms with Crippen LogP contribution in [0.4, 0.5) is 0 Å². The van der Waals surface area contributed by atoms with Crippen molar-refractivity contribution >= 4 is 0 Å². The molecule has 2 aliphatic rings. The van der Waals surface area contributed by atoms with Gasteiger partial charge in [0.15, 0.2) is 0 Å². The largest absolute Gasteiger partial charge is 0.298 e. The van der Waals surface area contributed by atoms with Crippen LogP contribution < -0.4 is 5.48 Å². The van der Waals surface area contributed by atoms with E-state index in [9.17, 15) is 0 Å². The van der Waals surface area contributed by atoms with Gasteiger partial charge in [0, 0.05) is 19.6 Å². The highest BCUT2D eigenvalue weighted by Crippen LogP contribution is 2.34. The first-order chi connectivity index (χ1) is 15.5. The van der Waals surface area contributed by atoms with Gasteiger partial charge >= 0.3 is 0 Å². The molecule has 3 nitrogen and oxygen atoms in total. The predicted molar refractivity (Wildman–Crippen MR) is 134 cm³/mol. The Kier molecular flexibility index (Phi) is 8.04. The quantitative estimate of drug-likeness (QED) is 0.437. The van der Waals surface area contributed by atoms with Gasteiger partial charge in [-0.15, -0.1) is 0 Å². The van der Waals surface area contributed by atoms with Gasteiger partial charge in [-0.2, -0.15) is 5.48 Å². The van der Waals surface area contributed by atoms with Crippen molar-refractivity contribution in [2.45, 2.75) is 91.3 Å². The predicted octanol–water partition coefficient (Wildman–Crippen LogP) is 6.84. The molecular formula is C29H42N2O. The molecule has 174 valence electrons. The fourth-order valence-electron chi connectivity index (χ4n) is 5.61. The summed E-state index contributed by atoms with van der Waals surface area (Å²) >= 11 is 0. The number of hydroxylamine groups is 1. The molecule has 1 heterocycles. The van der Waals surface area contributed by atoms with E-state index in [1.165, 1.54) is 73.0 Å². The first kappa shape index (κ1) is 23.5. The number of aryl methyl sites for hydroxylation is 2. The van der Waals surface area contributed by atoms with Crippen LogP contribution in [-0.2, 0) is 24.4 Å². The van der Waals surface area contributed by atoms with Crippen LogP contribution in [-0.4, -0.2) is 18.0 Å². The third-order valence-electron chi connectivity index (χ3n) is 7.52. The molecule has 1 atom stereocenters. The van der Waals surface area contributed by atoms with Gasteiger partial charge < -0.3 is 0 Å². The van der Waals surface area contributed by atoms with E-state index in [-0.39, 0.29) is 6.04 Å². The monoisotopic (exact) mass is 434 g/mol. The van der Waals surface area contributed by atoms with Crippen LogP contribution in [0.15, 0.2) is 36.4 Å². The number of nitrogens with zero attached hydrogens (tertiary/aromatic N) is 1. The van der Waals surface area contributed by atoms with Crippen molar-refractivity contribution in [1.29, 1.82) is 0 Å². The van der Waals surface area contributed by atoms with E-state index in [1.807, 2.05) is 0 Å². The minimum atomic E-state index is 0.168. The minimum Gasteiger partial charge on any atom is -0.298 e. The summed E-state index contributed by atoms with van der Waals surface area (Å²) in [5.41, 5.74) is 11.7. The van der Waals surface area contributed by atoms with Gasteiger partial charge in [0.05, 0.1) is 12.6 Å². The van der Waals surface area contributed by atoms with Gasteiger partial charge in [0.25, 0.3) is 0 Å². The summed E-state index contributed by atoms with van der Waals surface area (Å²) in [6.45, 7) is 13.2. The van der Waals surface area contributed by atoms with Gasteiger partial charge in [-0.1, -0.05) is 69.5 Å². The number of hydrogen-bond acceptors (Lipinski definition) is 3. The molecule has 1 saturated carbocycles. The molecule has 1 N–H and O–H groups in total. The third-order valence-corrected chi connectivity index (χ3v) is 7.52. The van der Waals surface area contributed by atoms with Crippen LogP contribution in [0.3, 0.4) is 0 Å². The molecule has 1 saturated heterocycles. The first-order valence-electron chi connectivity index (χ1n) is 12.8. The summed E-state index contributed by atoms with van der Waals surface area (Å²) in [7, 11) is 0. The van der Waals surface area contributed by atoms with E-state index < -0.39 is 0 Å². The van der Waals surface area contributed by atoms with Crippen LogP contribution in [0.1, 0.15) is 98.2 Å². The normalized spacial score (nSPS) is 19.1. The van der Waals surface area contributed by atoms with Gasteiger partial charge in [-0.25, -0.2) is 0 Å². The van der Waals surface area contributed by atoms with E-state index in [2.05, 4.69) is 74.5 Å². The van der Waals surface area contributed by atoms with Gasteiger partial charge in [-0.3, -0.25) is 9.74 Å². The van der Waals surface area contributed by atoms with Crippen molar-refractivity contribution in [2.24, 2.45) is 5.92 Å². The molecule has 0 bridgehead atoms. The molecule has 0 aromatic heterocycles. The molecule has 1 aliphatic carbocycles. The molecule has 0 amide bonds. The van der Waals surface area contributed by atoms with E-state index in [1.54, 1.807) is 5.56 Å². The van der Waals surface area contributed by atoms with Crippen molar-refractivity contribution in [2.75, 3.05) is 13.1 Å². The molecule has 1 aliphatic heterocycles. The second-order valence-electron chi connectivity index (χ2n) is 10.3. The molecule has 2 aromatic carbocycles. The van der Waals surface area contributed by atoms with E-state index in [4.69, 9.17) is 4.84 Å². The molecule has 0 spiro atoms. The Labute approximate surface area is 195 Å². The third kappa shape index (κ3) is 5.81. The zero-order valence-corrected chi connectivity index (χ0v) is 20.6. The fourth-order valence-corrected chi connectivity index (χ4v) is 5.61. The van der Waals surface area contributed by atoms with Crippen molar-refractivity contribution in [1.82, 2.24) is 10.4 Å². The minimum absolute atomic E-state index is 0.168. The average Bonchev–Trinajstić information content (AvgIpc) is 2.79. The molecule has 32 heavy (non-hydrogen) atoms. The highest BCUT2D eigenvalue weighted by atomic mass is 16.6. The summed E-state index contributed by atoms with van der Waals surface area (Å²) in [5.74, 6) is 1.62. The Morgan fingerprint density at radius 1 is 1.03 bits per heavy atom. The number of hydrogen-bond donors (Lipinski definition) is 1. The Morgan fingerprint density at radius 2 is 1.81 bits per heavy atom. The zero-order chi connectivity index (χ0) is 22.5. The topological polar surface area (TPSA) is 24.5 Å². The van der Waals surface area contributed by atoms with E-state index in [0.29, 0.717) is 6.61 Å². The van der Waals surface area contributed by atoms with E-state index in [0.717, 1.165) is 24.8 Å². The molecule has 1 unspecified atom stereocenters. The lowest BCUT2D eigenvalue weighted by Crippen LogP contribution is -2.44. The molecule has 2 fully saturated rings. The SMILES string of the molecule is CCc1cc(C(C)NOCc2ccc(C3CCCCC3)c(C)c2)ccc1CN1CC(C)C1. The van der Waals surface area contributed by atoms with Gasteiger partial charge in [0.2, 0.25) is 0 Å². The fraction of sp³-hybridized carbons (Fsp3) is 0.586. The Balaban J connectivity index is 1.29. The zero-order valence-electron chi connectivity index (χ0n) is 20.6. The summed E-state index contributed by atoms with van der Waals surface area (Å²) < 4.78 is 0. The highest BCUT2D eigenvalue weighted by molar-refractivity contribution is 5.35. The average molecular weight is 435 g/mol. The molecule has 2 aromatic rings. The van der Waals surface area contributed by atoms with E-state index >= 15 is 0 Å². The lowest BCUT2D eigenvalue weighted by molar-refractivity contribution is 0.00693. The lowest BCUT2D eigenvalue weighted by atomic mass is 9.82. The second kappa shape index (κ2) is 11.0. The van der Waals surface area contributed by atoms with Gasteiger partial charge in [-0.05, 0) is 78.3 Å². The Hall–Kier alpha value is -1.68. The molecule has 0 radical (unpaired) electrons. The number of rotatable bonds is 9. The summed E-state index contributed by atoms with van der Waals surface area (Å²) in [6.07, 6.45) is 7.96. The summed E-state index contributed by atoms with van der Waals surface area (Å²) in [5, 5.41) is 0. The maximum Gasteiger partial charge on any atom is 0.0933 e. The lowest BCUT2D eigenvalue weighted by Gasteiger charge is -2.37. The van der Waals surface area contributed by atoms with Crippen molar-refractivity contribution in [3.8, 4) is 0 Å². The molecule has 3 heteroatoms. The number of nitrogens with one attached hydrogen (secondary N) is 1. The molecule has 4 rings (SSSR count). The second-order valence-corrected chi connectivity index (χ2v) is 10.3. The van der Waals surface area contributed by atoms with Crippen LogP contribution in [0, 0.1) is 12.8 Å². The standard InChI is InChI=1S/C29H42N2O/c1-5-25-16-27(12-13-28(25)19-31-17-21(2)18-31)23(4)30-32-20-24-11-14-29(22(3)15-24)26-9-7-6-8-10-26/h11-16,21,23,26,30H,5-10,17-20H2,1-4H3. The number of likely N-dealkylation sites (tertiary alicyclic amines) is 1. The van der Waals surface area contributed by atoms with Gasteiger partial charge in [0.1, 0.15) is 0 Å². The van der Waals surface area contributed by atoms with Crippen LogP contribution >= 0.6 is 0 Å². The number of benzene rings is 2. The Bertz CT molecular complexity index is 881. The van der Waals surface area contributed by atoms with Crippen molar-refractivity contribution in [3.05, 3.63) is 69.8 Å². The van der Waals surface area contributed by atoms with Crippen LogP contribution in [0.5, 0.6) is 0 Å². The first-order valence-corrected chi connectivity index (χ1v) is 12.8. The smallest absolute Gasteiger partial charge is 0.0933 e. The highest BCUT2D eigenvalue weighted by Gasteiger charge is 2.23. The Morgan fingerprint density at radius 3 is 2.50 bits per heavy atom. The summed E-state index contributed by atoms with van der Waals surface area (Å²) in [6, 6.07) is 14.0. The molecular weight excluding hydrogens is 392 g/mol. The summed E-state index contributed by atoms with van der Waals surface area (Å²) in [4.78, 5) is 8.47. The maximum absolute atomic E-state index is 5.92.